The second-order valence-electron chi connectivity index (χ2n) is 4.39. The molecule has 1 aromatic heterocycles. The van der Waals surface area contributed by atoms with Crippen molar-refractivity contribution in [1.29, 1.82) is 0 Å². The Balaban J connectivity index is 1.88. The van der Waals surface area contributed by atoms with Crippen molar-refractivity contribution in [1.82, 2.24) is 5.32 Å². The van der Waals surface area contributed by atoms with Gasteiger partial charge in [0.25, 0.3) is 0 Å². The van der Waals surface area contributed by atoms with E-state index >= 15 is 0 Å². The molecule has 0 spiro atoms. The Morgan fingerprint density at radius 2 is 2.28 bits per heavy atom. The van der Waals surface area contributed by atoms with Crippen LogP contribution in [0.5, 0.6) is 0 Å². The molecule has 0 aliphatic carbocycles. The van der Waals surface area contributed by atoms with E-state index in [4.69, 9.17) is 4.42 Å². The number of carbonyl (C=O) groups excluding carboxylic acids is 1. The van der Waals surface area contributed by atoms with Gasteiger partial charge in [0.05, 0.1) is 11.5 Å². The fourth-order valence-corrected chi connectivity index (χ4v) is 3.53. The van der Waals surface area contributed by atoms with Crippen LogP contribution in [0.25, 0.3) is 6.08 Å². The fourth-order valence-electron chi connectivity index (χ4n) is 1.86. The van der Waals surface area contributed by atoms with E-state index in [9.17, 15) is 13.2 Å². The summed E-state index contributed by atoms with van der Waals surface area (Å²) in [6.07, 6.45) is 3.40. The molecule has 1 aromatic rings. The zero-order valence-electron chi connectivity index (χ0n) is 10.0. The largest absolute Gasteiger partial charge is 0.462 e. The van der Waals surface area contributed by atoms with Crippen LogP contribution >= 0.6 is 0 Å². The Kier molecular flexibility index (Phi) is 3.56. The molecule has 2 heterocycles. The van der Waals surface area contributed by atoms with E-state index in [0.29, 0.717) is 12.2 Å². The van der Waals surface area contributed by atoms with Crippen LogP contribution in [-0.4, -0.2) is 31.9 Å². The third kappa shape index (κ3) is 3.46. The SMILES string of the molecule is Cc1ccc(/C=C/C(=O)N[C@@H]2CCS(=O)(=O)C2)o1. The molecule has 0 bridgehead atoms. The maximum Gasteiger partial charge on any atom is 0.244 e. The summed E-state index contributed by atoms with van der Waals surface area (Å²) >= 11 is 0. The van der Waals surface area contributed by atoms with Gasteiger partial charge in [-0.2, -0.15) is 0 Å². The summed E-state index contributed by atoms with van der Waals surface area (Å²) in [6.45, 7) is 1.82. The Morgan fingerprint density at radius 3 is 2.83 bits per heavy atom. The molecule has 1 atom stereocenters. The molecule has 1 fully saturated rings. The Labute approximate surface area is 106 Å². The van der Waals surface area contributed by atoms with Crippen molar-refractivity contribution < 1.29 is 17.6 Å². The third-order valence-corrected chi connectivity index (χ3v) is 4.51. The standard InChI is InChI=1S/C12H15NO4S/c1-9-2-3-11(17-9)4-5-12(14)13-10-6-7-18(15,16)8-10/h2-5,10H,6-8H2,1H3,(H,13,14)/b5-4+/t10-/m1/s1. The molecule has 2 rings (SSSR count). The zero-order valence-corrected chi connectivity index (χ0v) is 10.9. The smallest absolute Gasteiger partial charge is 0.244 e. The molecule has 1 aliphatic heterocycles. The number of aryl methyl sites for hydroxylation is 1. The van der Waals surface area contributed by atoms with Gasteiger partial charge in [-0.1, -0.05) is 0 Å². The predicted octanol–water partition coefficient (Wildman–Crippen LogP) is 0.905. The van der Waals surface area contributed by atoms with Crippen molar-refractivity contribution in [3.05, 3.63) is 29.7 Å². The minimum Gasteiger partial charge on any atom is -0.462 e. The van der Waals surface area contributed by atoms with Gasteiger partial charge in [-0.05, 0) is 31.6 Å². The molecule has 0 saturated carbocycles. The molecular weight excluding hydrogens is 254 g/mol. The van der Waals surface area contributed by atoms with Gasteiger partial charge < -0.3 is 9.73 Å². The van der Waals surface area contributed by atoms with E-state index in [1.165, 1.54) is 6.08 Å². The fraction of sp³-hybridized carbons (Fsp3) is 0.417. The first-order chi connectivity index (χ1) is 8.44. The molecule has 98 valence electrons. The van der Waals surface area contributed by atoms with E-state index in [-0.39, 0.29) is 23.5 Å². The van der Waals surface area contributed by atoms with Crippen molar-refractivity contribution in [2.45, 2.75) is 19.4 Å². The van der Waals surface area contributed by atoms with Crippen LogP contribution in [-0.2, 0) is 14.6 Å². The summed E-state index contributed by atoms with van der Waals surface area (Å²) < 4.78 is 27.7. The van der Waals surface area contributed by atoms with Crippen molar-refractivity contribution in [2.75, 3.05) is 11.5 Å². The molecule has 18 heavy (non-hydrogen) atoms. The normalized spacial score (nSPS) is 22.4. The number of carbonyl (C=O) groups is 1. The van der Waals surface area contributed by atoms with Gasteiger partial charge >= 0.3 is 0 Å². The number of hydrogen-bond donors (Lipinski definition) is 1. The van der Waals surface area contributed by atoms with Crippen LogP contribution in [0, 0.1) is 6.92 Å². The first-order valence-electron chi connectivity index (χ1n) is 5.70. The first-order valence-corrected chi connectivity index (χ1v) is 7.52. The lowest BCUT2D eigenvalue weighted by molar-refractivity contribution is -0.116. The van der Waals surface area contributed by atoms with Crippen LogP contribution in [0.1, 0.15) is 17.9 Å². The predicted molar refractivity (Wildman–Crippen MR) is 67.7 cm³/mol. The molecule has 1 saturated heterocycles. The monoisotopic (exact) mass is 269 g/mol. The summed E-state index contributed by atoms with van der Waals surface area (Å²) in [5.41, 5.74) is 0. The molecule has 0 unspecified atom stereocenters. The van der Waals surface area contributed by atoms with Crippen molar-refractivity contribution >= 4 is 21.8 Å². The van der Waals surface area contributed by atoms with Gasteiger partial charge in [0, 0.05) is 12.1 Å². The molecule has 1 aliphatic rings. The van der Waals surface area contributed by atoms with Gasteiger partial charge in [0.15, 0.2) is 9.84 Å². The number of sulfone groups is 1. The third-order valence-electron chi connectivity index (χ3n) is 2.74. The highest BCUT2D eigenvalue weighted by Crippen LogP contribution is 2.11. The highest BCUT2D eigenvalue weighted by molar-refractivity contribution is 7.91. The Morgan fingerprint density at radius 1 is 1.50 bits per heavy atom. The molecule has 0 aromatic carbocycles. The number of furan rings is 1. The minimum absolute atomic E-state index is 0.0342. The maximum absolute atomic E-state index is 11.6. The van der Waals surface area contributed by atoms with Crippen LogP contribution in [0.3, 0.4) is 0 Å². The molecule has 0 radical (unpaired) electrons. The molecule has 1 N–H and O–H groups in total. The molecule has 5 nitrogen and oxygen atoms in total. The number of nitrogens with one attached hydrogen (secondary N) is 1. The molecular formula is C12H15NO4S. The average Bonchev–Trinajstić information content (AvgIpc) is 2.82. The van der Waals surface area contributed by atoms with Crippen molar-refractivity contribution in [2.24, 2.45) is 0 Å². The quantitative estimate of drug-likeness (QED) is 0.827. The lowest BCUT2D eigenvalue weighted by atomic mass is 10.2. The van der Waals surface area contributed by atoms with Crippen LogP contribution < -0.4 is 5.32 Å². The number of amides is 1. The first kappa shape index (κ1) is 12.9. The van der Waals surface area contributed by atoms with Crippen LogP contribution in [0.15, 0.2) is 22.6 Å². The highest BCUT2D eigenvalue weighted by Gasteiger charge is 2.28. The van der Waals surface area contributed by atoms with E-state index in [1.54, 1.807) is 18.2 Å². The molecule has 6 heteroatoms. The average molecular weight is 269 g/mol. The summed E-state index contributed by atoms with van der Waals surface area (Å²) in [5, 5.41) is 2.66. The van der Waals surface area contributed by atoms with Gasteiger partial charge in [-0.3, -0.25) is 4.79 Å². The second-order valence-corrected chi connectivity index (χ2v) is 6.62. The van der Waals surface area contributed by atoms with E-state index in [1.807, 2.05) is 6.92 Å². The second kappa shape index (κ2) is 4.97. The van der Waals surface area contributed by atoms with E-state index < -0.39 is 9.84 Å². The Bertz CT molecular complexity index is 571. The summed E-state index contributed by atoms with van der Waals surface area (Å²) in [7, 11) is -2.96. The summed E-state index contributed by atoms with van der Waals surface area (Å²) in [5.74, 6) is 1.26. The van der Waals surface area contributed by atoms with Gasteiger partial charge in [-0.25, -0.2) is 8.42 Å². The summed E-state index contributed by atoms with van der Waals surface area (Å²) in [4.78, 5) is 11.6. The van der Waals surface area contributed by atoms with Gasteiger partial charge in [-0.15, -0.1) is 0 Å². The lowest BCUT2D eigenvalue weighted by Gasteiger charge is -2.07. The summed E-state index contributed by atoms with van der Waals surface area (Å²) in [6, 6.07) is 3.30. The molecule has 1 amide bonds. The van der Waals surface area contributed by atoms with Crippen LogP contribution in [0.2, 0.25) is 0 Å². The van der Waals surface area contributed by atoms with Gasteiger partial charge in [0.1, 0.15) is 11.5 Å². The van der Waals surface area contributed by atoms with E-state index in [2.05, 4.69) is 5.32 Å². The topological polar surface area (TPSA) is 76.4 Å². The van der Waals surface area contributed by atoms with Crippen LogP contribution in [0.4, 0.5) is 0 Å². The Hall–Kier alpha value is -1.56. The maximum atomic E-state index is 11.6. The van der Waals surface area contributed by atoms with Crippen molar-refractivity contribution in [3.63, 3.8) is 0 Å². The zero-order chi connectivity index (χ0) is 13.2. The number of hydrogen-bond acceptors (Lipinski definition) is 4. The highest BCUT2D eigenvalue weighted by atomic mass is 32.2. The lowest BCUT2D eigenvalue weighted by Crippen LogP contribution is -2.34. The minimum atomic E-state index is -2.96. The number of rotatable bonds is 3. The van der Waals surface area contributed by atoms with E-state index in [0.717, 1.165) is 5.76 Å². The van der Waals surface area contributed by atoms with Gasteiger partial charge in [0.2, 0.25) is 5.91 Å². The van der Waals surface area contributed by atoms with Crippen molar-refractivity contribution in [3.8, 4) is 0 Å².